The number of carbonyl (C=O) groups excluding carboxylic acids is 2. The lowest BCUT2D eigenvalue weighted by Gasteiger charge is -2.33. The van der Waals surface area contributed by atoms with E-state index in [4.69, 9.17) is 4.74 Å². The number of fused-ring (bicyclic) bond motifs is 1. The van der Waals surface area contributed by atoms with E-state index in [1.165, 1.54) is 0 Å². The van der Waals surface area contributed by atoms with Crippen LogP contribution in [0.5, 0.6) is 5.75 Å². The molecule has 0 saturated heterocycles. The van der Waals surface area contributed by atoms with Gasteiger partial charge in [-0.15, -0.1) is 0 Å². The zero-order valence-electron chi connectivity index (χ0n) is 13.7. The van der Waals surface area contributed by atoms with Gasteiger partial charge in [0.2, 0.25) is 0 Å². The van der Waals surface area contributed by atoms with Crippen LogP contribution in [0.4, 0.5) is 5.69 Å². The second-order valence-corrected chi connectivity index (χ2v) is 5.81. The Morgan fingerprint density at radius 2 is 2.00 bits per heavy atom. The molecule has 1 unspecified atom stereocenters. The van der Waals surface area contributed by atoms with E-state index in [1.54, 1.807) is 17.9 Å². The summed E-state index contributed by atoms with van der Waals surface area (Å²) in [5.74, 6) is 0.783. The van der Waals surface area contributed by atoms with E-state index in [0.717, 1.165) is 31.4 Å². The molecule has 0 saturated carbocycles. The highest BCUT2D eigenvalue weighted by Gasteiger charge is 2.31. The summed E-state index contributed by atoms with van der Waals surface area (Å²) in [6.45, 7) is 6.58. The van der Waals surface area contributed by atoms with Gasteiger partial charge in [-0.25, -0.2) is 0 Å². The van der Waals surface area contributed by atoms with Gasteiger partial charge in [0.25, 0.3) is 5.91 Å². The number of hydrogen-bond donors (Lipinski definition) is 0. The molecule has 1 amide bonds. The predicted molar refractivity (Wildman–Crippen MR) is 87.6 cm³/mol. The fraction of sp³-hybridized carbons (Fsp3) is 0.556. The van der Waals surface area contributed by atoms with Gasteiger partial charge in [-0.05, 0) is 38.0 Å². The van der Waals surface area contributed by atoms with Gasteiger partial charge in [-0.2, -0.15) is 0 Å². The van der Waals surface area contributed by atoms with E-state index in [1.807, 2.05) is 19.1 Å². The fourth-order valence-corrected chi connectivity index (χ4v) is 2.70. The number of benzene rings is 1. The Labute approximate surface area is 132 Å². The molecule has 0 spiro atoms. The quantitative estimate of drug-likeness (QED) is 0.565. The maximum atomic E-state index is 12.4. The number of amides is 1. The number of rotatable bonds is 7. The number of hydrogen-bond acceptors (Lipinski definition) is 3. The third-order valence-electron chi connectivity index (χ3n) is 3.95. The highest BCUT2D eigenvalue weighted by molar-refractivity contribution is 6.03. The maximum Gasteiger partial charge on any atom is 0.267 e. The second kappa shape index (κ2) is 7.43. The van der Waals surface area contributed by atoms with Crippen molar-refractivity contribution in [2.75, 3.05) is 11.4 Å². The van der Waals surface area contributed by atoms with Crippen molar-refractivity contribution in [1.82, 2.24) is 0 Å². The van der Waals surface area contributed by atoms with Gasteiger partial charge in [0, 0.05) is 18.5 Å². The molecule has 0 aromatic heterocycles. The summed E-state index contributed by atoms with van der Waals surface area (Å²) in [4.78, 5) is 26.3. The summed E-state index contributed by atoms with van der Waals surface area (Å²) in [5, 5.41) is 0. The van der Waals surface area contributed by atoms with Crippen LogP contribution in [-0.4, -0.2) is 24.3 Å². The highest BCUT2D eigenvalue weighted by Crippen LogP contribution is 2.35. The van der Waals surface area contributed by atoms with Gasteiger partial charge in [-0.1, -0.05) is 26.7 Å². The molecule has 22 heavy (non-hydrogen) atoms. The van der Waals surface area contributed by atoms with E-state index in [0.29, 0.717) is 24.3 Å². The Morgan fingerprint density at radius 1 is 1.23 bits per heavy atom. The number of anilines is 1. The highest BCUT2D eigenvalue weighted by atomic mass is 16.5. The zero-order valence-corrected chi connectivity index (χ0v) is 13.7. The van der Waals surface area contributed by atoms with Crippen LogP contribution in [0.2, 0.25) is 0 Å². The Kier molecular flexibility index (Phi) is 5.58. The van der Waals surface area contributed by atoms with Gasteiger partial charge in [-0.3, -0.25) is 9.59 Å². The maximum absolute atomic E-state index is 12.4. The minimum Gasteiger partial charge on any atom is -0.479 e. The minimum absolute atomic E-state index is 0.0244. The first kappa shape index (κ1) is 16.5. The van der Waals surface area contributed by atoms with Crippen LogP contribution in [-0.2, 0) is 4.79 Å². The molecule has 4 heteroatoms. The van der Waals surface area contributed by atoms with Crippen molar-refractivity contribution in [2.45, 2.75) is 59.0 Å². The molecule has 1 aliphatic rings. The van der Waals surface area contributed by atoms with Gasteiger partial charge < -0.3 is 9.64 Å². The predicted octanol–water partition coefficient (Wildman–Crippen LogP) is 3.97. The lowest BCUT2D eigenvalue weighted by atomic mass is 10.0. The van der Waals surface area contributed by atoms with Crippen LogP contribution in [0.15, 0.2) is 18.2 Å². The number of Topliss-reactive ketones (excluding diaryl/α,β-unsaturated/α-hetero) is 1. The summed E-state index contributed by atoms with van der Waals surface area (Å²) < 4.78 is 5.67. The van der Waals surface area contributed by atoms with Crippen LogP contribution in [0.25, 0.3) is 0 Å². The normalized spacial score (nSPS) is 17.1. The van der Waals surface area contributed by atoms with Crippen molar-refractivity contribution in [3.8, 4) is 5.75 Å². The van der Waals surface area contributed by atoms with Crippen LogP contribution >= 0.6 is 0 Å². The molecule has 0 fully saturated rings. The van der Waals surface area contributed by atoms with Crippen LogP contribution < -0.4 is 9.64 Å². The van der Waals surface area contributed by atoms with Gasteiger partial charge >= 0.3 is 0 Å². The van der Waals surface area contributed by atoms with Crippen molar-refractivity contribution < 1.29 is 14.3 Å². The van der Waals surface area contributed by atoms with E-state index in [2.05, 4.69) is 6.92 Å². The standard InChI is InChI=1S/C18H25NO3/c1-4-6-7-11-19-15-12-14(16(20)8-5-2)9-10-17(15)22-13(3)18(19)21/h9-10,12-13H,4-8,11H2,1-3H3. The first-order chi connectivity index (χ1) is 10.6. The van der Waals surface area contributed by atoms with E-state index in [-0.39, 0.29) is 11.7 Å². The molecule has 4 nitrogen and oxygen atoms in total. The molecule has 0 bridgehead atoms. The summed E-state index contributed by atoms with van der Waals surface area (Å²) in [5.41, 5.74) is 1.40. The van der Waals surface area contributed by atoms with E-state index in [9.17, 15) is 9.59 Å². The first-order valence-electron chi connectivity index (χ1n) is 8.23. The summed E-state index contributed by atoms with van der Waals surface area (Å²) >= 11 is 0. The average Bonchev–Trinajstić information content (AvgIpc) is 2.51. The Morgan fingerprint density at radius 3 is 2.68 bits per heavy atom. The zero-order chi connectivity index (χ0) is 16.1. The molecule has 1 aromatic rings. The fourth-order valence-electron chi connectivity index (χ4n) is 2.70. The number of nitrogens with zero attached hydrogens (tertiary/aromatic N) is 1. The molecule has 1 aromatic carbocycles. The molecule has 1 aliphatic heterocycles. The van der Waals surface area contributed by atoms with Crippen molar-refractivity contribution in [2.24, 2.45) is 0 Å². The molecule has 120 valence electrons. The largest absolute Gasteiger partial charge is 0.479 e. The monoisotopic (exact) mass is 303 g/mol. The number of ketones is 1. The molecule has 2 rings (SSSR count). The Hall–Kier alpha value is -1.84. The Bertz CT molecular complexity index is 553. The summed E-state index contributed by atoms with van der Waals surface area (Å²) in [6, 6.07) is 5.42. The second-order valence-electron chi connectivity index (χ2n) is 5.81. The van der Waals surface area contributed by atoms with E-state index < -0.39 is 6.10 Å². The van der Waals surface area contributed by atoms with Crippen molar-refractivity contribution in [3.05, 3.63) is 23.8 Å². The van der Waals surface area contributed by atoms with Crippen LogP contribution in [0, 0.1) is 0 Å². The van der Waals surface area contributed by atoms with Crippen LogP contribution in [0.1, 0.15) is 63.2 Å². The lowest BCUT2D eigenvalue weighted by Crippen LogP contribution is -2.45. The number of unbranched alkanes of at least 4 members (excludes halogenated alkanes) is 2. The SMILES string of the molecule is CCCCCN1C(=O)C(C)Oc2ccc(C(=O)CCC)cc21. The molecule has 0 N–H and O–H groups in total. The lowest BCUT2D eigenvalue weighted by molar-refractivity contribution is -0.125. The van der Waals surface area contributed by atoms with Crippen molar-refractivity contribution in [3.63, 3.8) is 0 Å². The first-order valence-corrected chi connectivity index (χ1v) is 8.23. The topological polar surface area (TPSA) is 46.6 Å². The van der Waals surface area contributed by atoms with Crippen molar-refractivity contribution in [1.29, 1.82) is 0 Å². The molecule has 1 heterocycles. The number of ether oxygens (including phenoxy) is 1. The molecule has 1 atom stereocenters. The molecular formula is C18H25NO3. The van der Waals surface area contributed by atoms with Crippen molar-refractivity contribution >= 4 is 17.4 Å². The third kappa shape index (κ3) is 3.49. The number of carbonyl (C=O) groups is 2. The summed E-state index contributed by atoms with van der Waals surface area (Å²) in [6.07, 6.45) is 4.04. The average molecular weight is 303 g/mol. The summed E-state index contributed by atoms with van der Waals surface area (Å²) in [7, 11) is 0. The molecule has 0 aliphatic carbocycles. The van der Waals surface area contributed by atoms with Crippen LogP contribution in [0.3, 0.4) is 0 Å². The molecule has 0 radical (unpaired) electrons. The Balaban J connectivity index is 2.30. The molecular weight excluding hydrogens is 278 g/mol. The van der Waals surface area contributed by atoms with Gasteiger partial charge in [0.15, 0.2) is 11.9 Å². The van der Waals surface area contributed by atoms with Gasteiger partial charge in [0.05, 0.1) is 5.69 Å². The minimum atomic E-state index is -0.466. The smallest absolute Gasteiger partial charge is 0.267 e. The van der Waals surface area contributed by atoms with Gasteiger partial charge in [0.1, 0.15) is 5.75 Å². The third-order valence-corrected chi connectivity index (χ3v) is 3.95. The van der Waals surface area contributed by atoms with E-state index >= 15 is 0 Å².